The highest BCUT2D eigenvalue weighted by molar-refractivity contribution is 9.10. The minimum atomic E-state index is -0.421. The zero-order valence-corrected chi connectivity index (χ0v) is 17.5. The molecule has 0 N–H and O–H groups in total. The van der Waals surface area contributed by atoms with E-state index >= 15 is 0 Å². The van der Waals surface area contributed by atoms with Crippen LogP contribution in [0.5, 0.6) is 0 Å². The van der Waals surface area contributed by atoms with Gasteiger partial charge in [-0.3, -0.25) is 14.9 Å². The zero-order valence-electron chi connectivity index (χ0n) is 15.1. The predicted molar refractivity (Wildman–Crippen MR) is 112 cm³/mol. The fourth-order valence-corrected chi connectivity index (χ4v) is 4.26. The summed E-state index contributed by atoms with van der Waals surface area (Å²) < 4.78 is 6.51. The summed E-state index contributed by atoms with van der Waals surface area (Å²) in [6, 6.07) is 12.1. The van der Waals surface area contributed by atoms with Gasteiger partial charge in [0.1, 0.15) is 0 Å². The molecular weight excluding hydrogens is 460 g/mol. The van der Waals surface area contributed by atoms with Gasteiger partial charge in [0.15, 0.2) is 0 Å². The summed E-state index contributed by atoms with van der Waals surface area (Å²) in [6.45, 7) is 0.580. The standard InChI is InChI=1S/C19H15BrN4O4S/c20-15-6-2-1-5-14(15)18-21-22-19(28-18)29-11-17(25)23-9-3-4-12-10-13(24(26)27)7-8-16(12)23/h1-2,5-8,10H,3-4,9,11H2. The van der Waals surface area contributed by atoms with Crippen LogP contribution in [0.15, 0.2) is 56.6 Å². The number of halogens is 1. The van der Waals surface area contributed by atoms with E-state index in [2.05, 4.69) is 26.1 Å². The Balaban J connectivity index is 1.45. The van der Waals surface area contributed by atoms with Crippen LogP contribution in [-0.4, -0.2) is 33.3 Å². The Kier molecular flexibility index (Phi) is 5.63. The lowest BCUT2D eigenvalue weighted by atomic mass is 10.0. The first kappa shape index (κ1) is 19.6. The van der Waals surface area contributed by atoms with Gasteiger partial charge in [0.25, 0.3) is 10.9 Å². The number of non-ortho nitro benzene ring substituents is 1. The smallest absolute Gasteiger partial charge is 0.277 e. The molecule has 4 rings (SSSR count). The van der Waals surface area contributed by atoms with Crippen molar-refractivity contribution < 1.29 is 14.1 Å². The van der Waals surface area contributed by atoms with Crippen LogP contribution in [0.2, 0.25) is 0 Å². The summed E-state index contributed by atoms with van der Waals surface area (Å²) in [4.78, 5) is 25.0. The van der Waals surface area contributed by atoms with Crippen molar-refractivity contribution in [1.29, 1.82) is 0 Å². The molecule has 8 nitrogen and oxygen atoms in total. The molecule has 0 saturated carbocycles. The number of thioether (sulfide) groups is 1. The second kappa shape index (κ2) is 8.34. The summed E-state index contributed by atoms with van der Waals surface area (Å²) in [5, 5.41) is 19.3. The Morgan fingerprint density at radius 3 is 2.90 bits per heavy atom. The molecule has 10 heteroatoms. The van der Waals surface area contributed by atoms with Crippen molar-refractivity contribution in [1.82, 2.24) is 10.2 Å². The number of aryl methyl sites for hydroxylation is 1. The predicted octanol–water partition coefficient (Wildman–Crippen LogP) is 4.48. The number of benzene rings is 2. The number of rotatable bonds is 5. The first-order valence-electron chi connectivity index (χ1n) is 8.82. The zero-order chi connectivity index (χ0) is 20.4. The molecule has 0 atom stereocenters. The fourth-order valence-electron chi connectivity index (χ4n) is 3.17. The van der Waals surface area contributed by atoms with E-state index in [0.29, 0.717) is 24.1 Å². The third kappa shape index (κ3) is 4.18. The number of anilines is 1. The van der Waals surface area contributed by atoms with Gasteiger partial charge < -0.3 is 9.32 Å². The van der Waals surface area contributed by atoms with E-state index in [1.807, 2.05) is 24.3 Å². The van der Waals surface area contributed by atoms with Crippen LogP contribution in [0.25, 0.3) is 11.5 Å². The fraction of sp³-hybridized carbons (Fsp3) is 0.211. The van der Waals surface area contributed by atoms with Gasteiger partial charge in [-0.25, -0.2) is 0 Å². The average Bonchev–Trinajstić information content (AvgIpc) is 3.20. The van der Waals surface area contributed by atoms with Crippen LogP contribution >= 0.6 is 27.7 Å². The maximum atomic E-state index is 12.8. The van der Waals surface area contributed by atoms with Crippen molar-refractivity contribution in [2.75, 3.05) is 17.2 Å². The number of aromatic nitrogens is 2. The molecule has 2 heterocycles. The summed E-state index contributed by atoms with van der Waals surface area (Å²) in [6.07, 6.45) is 1.48. The second-order valence-electron chi connectivity index (χ2n) is 6.36. The quantitative estimate of drug-likeness (QED) is 0.305. The molecule has 1 aliphatic rings. The molecular formula is C19H15BrN4O4S. The van der Waals surface area contributed by atoms with Gasteiger partial charge in [-0.05, 0) is 52.5 Å². The maximum Gasteiger partial charge on any atom is 0.277 e. The van der Waals surface area contributed by atoms with Gasteiger partial charge >= 0.3 is 0 Å². The monoisotopic (exact) mass is 474 g/mol. The number of carbonyl (C=O) groups excluding carboxylic acids is 1. The summed E-state index contributed by atoms with van der Waals surface area (Å²) in [5.41, 5.74) is 2.37. The molecule has 0 bridgehead atoms. The number of nitro groups is 1. The van der Waals surface area contributed by atoms with Crippen LogP contribution in [0.4, 0.5) is 11.4 Å². The normalized spacial score (nSPS) is 13.2. The second-order valence-corrected chi connectivity index (χ2v) is 8.14. The van der Waals surface area contributed by atoms with E-state index in [9.17, 15) is 14.9 Å². The molecule has 3 aromatic rings. The Morgan fingerprint density at radius 2 is 2.10 bits per heavy atom. The van der Waals surface area contributed by atoms with Crippen LogP contribution in [0, 0.1) is 10.1 Å². The van der Waals surface area contributed by atoms with Gasteiger partial charge in [0.2, 0.25) is 11.8 Å². The van der Waals surface area contributed by atoms with Crippen molar-refractivity contribution in [3.05, 3.63) is 62.6 Å². The van der Waals surface area contributed by atoms with Gasteiger partial charge in [-0.1, -0.05) is 23.9 Å². The Morgan fingerprint density at radius 1 is 1.28 bits per heavy atom. The summed E-state index contributed by atoms with van der Waals surface area (Å²) >= 11 is 4.62. The number of nitrogens with zero attached hydrogens (tertiary/aromatic N) is 4. The molecule has 0 aliphatic carbocycles. The van der Waals surface area contributed by atoms with Gasteiger partial charge in [0.05, 0.1) is 16.2 Å². The first-order chi connectivity index (χ1) is 14.0. The topological polar surface area (TPSA) is 102 Å². The highest BCUT2D eigenvalue weighted by atomic mass is 79.9. The van der Waals surface area contributed by atoms with Crippen molar-refractivity contribution in [2.45, 2.75) is 18.1 Å². The minimum absolute atomic E-state index is 0.0397. The lowest BCUT2D eigenvalue weighted by Gasteiger charge is -2.29. The molecule has 2 aromatic carbocycles. The van der Waals surface area contributed by atoms with Crippen LogP contribution in [0.1, 0.15) is 12.0 Å². The van der Waals surface area contributed by atoms with Crippen molar-refractivity contribution in [3.8, 4) is 11.5 Å². The van der Waals surface area contributed by atoms with Gasteiger partial charge in [-0.15, -0.1) is 10.2 Å². The van der Waals surface area contributed by atoms with Crippen LogP contribution in [0.3, 0.4) is 0 Å². The molecule has 1 amide bonds. The lowest BCUT2D eigenvalue weighted by Crippen LogP contribution is -2.36. The van der Waals surface area contributed by atoms with E-state index in [1.54, 1.807) is 17.0 Å². The van der Waals surface area contributed by atoms with E-state index in [0.717, 1.165) is 27.7 Å². The van der Waals surface area contributed by atoms with Crippen LogP contribution < -0.4 is 4.90 Å². The number of hydrogen-bond donors (Lipinski definition) is 0. The molecule has 0 saturated heterocycles. The Labute approximate surface area is 178 Å². The third-order valence-electron chi connectivity index (χ3n) is 4.52. The van der Waals surface area contributed by atoms with Gasteiger partial charge in [0, 0.05) is 28.8 Å². The summed E-state index contributed by atoms with van der Waals surface area (Å²) in [7, 11) is 0. The molecule has 0 spiro atoms. The largest absolute Gasteiger partial charge is 0.411 e. The van der Waals surface area contributed by atoms with E-state index in [1.165, 1.54) is 17.8 Å². The molecule has 0 radical (unpaired) electrons. The van der Waals surface area contributed by atoms with E-state index < -0.39 is 4.92 Å². The maximum absolute atomic E-state index is 12.8. The molecule has 1 aromatic heterocycles. The van der Waals surface area contributed by atoms with E-state index in [4.69, 9.17) is 4.42 Å². The summed E-state index contributed by atoms with van der Waals surface area (Å²) in [5.74, 6) is 0.405. The lowest BCUT2D eigenvalue weighted by molar-refractivity contribution is -0.384. The number of nitro benzene ring substituents is 1. The van der Waals surface area contributed by atoms with Crippen molar-refractivity contribution >= 4 is 45.0 Å². The molecule has 148 valence electrons. The van der Waals surface area contributed by atoms with Crippen molar-refractivity contribution in [2.24, 2.45) is 0 Å². The first-order valence-corrected chi connectivity index (χ1v) is 10.6. The molecule has 0 unspecified atom stereocenters. The molecule has 29 heavy (non-hydrogen) atoms. The Hall–Kier alpha value is -2.72. The number of carbonyl (C=O) groups is 1. The highest BCUT2D eigenvalue weighted by Crippen LogP contribution is 2.32. The molecule has 1 aliphatic heterocycles. The minimum Gasteiger partial charge on any atom is -0.411 e. The van der Waals surface area contributed by atoms with Crippen LogP contribution in [-0.2, 0) is 11.2 Å². The van der Waals surface area contributed by atoms with Crippen molar-refractivity contribution in [3.63, 3.8) is 0 Å². The number of fused-ring (bicyclic) bond motifs is 1. The Bertz CT molecular complexity index is 1090. The number of hydrogen-bond acceptors (Lipinski definition) is 7. The highest BCUT2D eigenvalue weighted by Gasteiger charge is 2.25. The SMILES string of the molecule is O=C(CSc1nnc(-c2ccccc2Br)o1)N1CCCc2cc([N+](=O)[O-])ccc21. The number of amides is 1. The van der Waals surface area contributed by atoms with E-state index in [-0.39, 0.29) is 17.3 Å². The molecule has 0 fully saturated rings. The third-order valence-corrected chi connectivity index (χ3v) is 6.02. The van der Waals surface area contributed by atoms with Gasteiger partial charge in [-0.2, -0.15) is 0 Å². The average molecular weight is 475 g/mol.